The molecule has 0 bridgehead atoms. The van der Waals surface area contributed by atoms with Gasteiger partial charge in [0, 0.05) is 19.6 Å². The van der Waals surface area contributed by atoms with Gasteiger partial charge in [0.1, 0.15) is 0 Å². The van der Waals surface area contributed by atoms with Crippen LogP contribution < -0.4 is 56.5 Å². The molecule has 0 aliphatic rings. The number of hydrogen-bond acceptors (Lipinski definition) is 3. The normalized spacial score (nSPS) is 13.8. The zero-order valence-corrected chi connectivity index (χ0v) is 24.0. The number of carbonyl (C=O) groups excluding carboxylic acids is 1. The molecule has 2 atom stereocenters. The maximum atomic E-state index is 11.3. The van der Waals surface area contributed by atoms with E-state index in [0.717, 1.165) is 38.8 Å². The predicted octanol–water partition coefficient (Wildman–Crippen LogP) is 3.15. The Labute approximate surface area is 230 Å². The number of aliphatic carboxylic acids is 1. The van der Waals surface area contributed by atoms with Crippen molar-refractivity contribution in [2.24, 2.45) is 11.8 Å². The van der Waals surface area contributed by atoms with Gasteiger partial charge in [0.2, 0.25) is 0 Å². The molecule has 3 nitrogen and oxygen atoms in total. The van der Waals surface area contributed by atoms with E-state index in [1.165, 1.54) is 51.4 Å². The summed E-state index contributed by atoms with van der Waals surface area (Å²) in [6, 6.07) is 0. The summed E-state index contributed by atoms with van der Waals surface area (Å²) in [5.41, 5.74) is 0. The van der Waals surface area contributed by atoms with E-state index >= 15 is 0 Å². The van der Waals surface area contributed by atoms with Gasteiger partial charge < -0.3 is 9.90 Å². The monoisotopic (exact) mass is 445 g/mol. The van der Waals surface area contributed by atoms with Crippen LogP contribution in [0, 0.1) is 11.8 Å². The zero-order chi connectivity index (χ0) is 21.7. The molecule has 0 fully saturated rings. The van der Waals surface area contributed by atoms with Crippen molar-refractivity contribution in [3.63, 3.8) is 0 Å². The maximum Gasteiger partial charge on any atom is 1.00 e. The van der Waals surface area contributed by atoms with Gasteiger partial charge in [-0.3, -0.25) is 4.90 Å². The average Bonchev–Trinajstić information content (AvgIpc) is 2.70. The number of carboxylic acid groups (broad SMARTS) is 1. The second-order valence-corrected chi connectivity index (χ2v) is 8.50. The standard InChI is InChI=1S/C26H49NO2.K/c1-5-9-11-13-15-17-19-24(7-3)21-27(23-26(28)29)22-25(8-4)20-18-16-14-12-10-6-2;/h11-14,24-25H,5-10,15-23H2,1-4H3,(H,28,29);/q;+1/p-1/b13-11+,14-12+;. The molecule has 0 heterocycles. The Kier molecular flexibility index (Phi) is 26.4. The fraction of sp³-hybridized carbons (Fsp3) is 0.808. The summed E-state index contributed by atoms with van der Waals surface area (Å²) >= 11 is 0. The number of carboxylic acids is 1. The summed E-state index contributed by atoms with van der Waals surface area (Å²) in [7, 11) is 0. The van der Waals surface area contributed by atoms with Crippen LogP contribution in [0.5, 0.6) is 0 Å². The van der Waals surface area contributed by atoms with E-state index < -0.39 is 5.97 Å². The first-order chi connectivity index (χ1) is 14.1. The van der Waals surface area contributed by atoms with Gasteiger partial charge in [-0.2, -0.15) is 0 Å². The zero-order valence-electron chi connectivity index (χ0n) is 20.8. The van der Waals surface area contributed by atoms with E-state index in [9.17, 15) is 9.90 Å². The molecule has 0 saturated carbocycles. The van der Waals surface area contributed by atoms with Crippen LogP contribution in [-0.2, 0) is 4.79 Å². The average molecular weight is 446 g/mol. The van der Waals surface area contributed by atoms with Crippen molar-refractivity contribution in [3.8, 4) is 0 Å². The van der Waals surface area contributed by atoms with Gasteiger partial charge in [-0.05, 0) is 63.2 Å². The molecule has 0 aromatic heterocycles. The van der Waals surface area contributed by atoms with E-state index in [4.69, 9.17) is 0 Å². The molecule has 30 heavy (non-hydrogen) atoms. The third kappa shape index (κ3) is 20.4. The fourth-order valence-corrected chi connectivity index (χ4v) is 3.82. The summed E-state index contributed by atoms with van der Waals surface area (Å²) in [5.74, 6) is 0.200. The van der Waals surface area contributed by atoms with Crippen molar-refractivity contribution < 1.29 is 61.3 Å². The third-order valence-electron chi connectivity index (χ3n) is 5.75. The van der Waals surface area contributed by atoms with Crippen molar-refractivity contribution in [3.05, 3.63) is 24.3 Å². The second-order valence-electron chi connectivity index (χ2n) is 8.50. The van der Waals surface area contributed by atoms with Crippen LogP contribution in [0.1, 0.15) is 105 Å². The molecule has 0 aromatic carbocycles. The largest absolute Gasteiger partial charge is 1.00 e. The molecule has 0 aliphatic carbocycles. The van der Waals surface area contributed by atoms with Crippen LogP contribution in [0.4, 0.5) is 0 Å². The predicted molar refractivity (Wildman–Crippen MR) is 125 cm³/mol. The van der Waals surface area contributed by atoms with Gasteiger partial charge in [0.05, 0.1) is 5.97 Å². The Balaban J connectivity index is 0. The number of carbonyl (C=O) groups is 1. The van der Waals surface area contributed by atoms with Crippen molar-refractivity contribution >= 4 is 5.97 Å². The molecule has 0 N–H and O–H groups in total. The summed E-state index contributed by atoms with van der Waals surface area (Å²) in [6.45, 7) is 10.7. The van der Waals surface area contributed by atoms with Crippen molar-refractivity contribution in [1.29, 1.82) is 0 Å². The van der Waals surface area contributed by atoms with Crippen LogP contribution in [0.25, 0.3) is 0 Å². The Morgan fingerprint density at radius 1 is 0.767 bits per heavy atom. The van der Waals surface area contributed by atoms with Crippen molar-refractivity contribution in [2.45, 2.75) is 105 Å². The molecular formula is C26H48KNO2. The topological polar surface area (TPSA) is 43.4 Å². The van der Waals surface area contributed by atoms with E-state index in [-0.39, 0.29) is 57.9 Å². The van der Waals surface area contributed by atoms with E-state index in [0.29, 0.717) is 11.8 Å². The molecule has 4 heteroatoms. The van der Waals surface area contributed by atoms with E-state index in [1.54, 1.807) is 0 Å². The van der Waals surface area contributed by atoms with Gasteiger partial charge in [-0.1, -0.05) is 77.7 Å². The Bertz CT molecular complexity index is 405. The SMILES string of the molecule is CCC/C=C/CCCC(CC)CN(CC(=O)[O-])CC(CC)CCC/C=C/CCC.[K+]. The summed E-state index contributed by atoms with van der Waals surface area (Å²) in [6.07, 6.45) is 23.2. The minimum absolute atomic E-state index is 0. The van der Waals surface area contributed by atoms with Gasteiger partial charge in [0.25, 0.3) is 0 Å². The second kappa shape index (κ2) is 24.2. The van der Waals surface area contributed by atoms with Gasteiger partial charge in [-0.25, -0.2) is 0 Å². The first-order valence-corrected chi connectivity index (χ1v) is 12.3. The molecular weight excluding hydrogens is 397 g/mol. The van der Waals surface area contributed by atoms with Crippen LogP contribution >= 0.6 is 0 Å². The quantitative estimate of drug-likeness (QED) is 0.164. The molecule has 2 unspecified atom stereocenters. The van der Waals surface area contributed by atoms with Gasteiger partial charge >= 0.3 is 51.4 Å². The molecule has 0 rings (SSSR count). The molecule has 0 radical (unpaired) electrons. The molecule has 0 aliphatic heterocycles. The Morgan fingerprint density at radius 2 is 1.17 bits per heavy atom. The van der Waals surface area contributed by atoms with Gasteiger partial charge in [-0.15, -0.1) is 0 Å². The van der Waals surface area contributed by atoms with E-state index in [1.807, 2.05) is 0 Å². The third-order valence-corrected chi connectivity index (χ3v) is 5.75. The van der Waals surface area contributed by atoms with Crippen molar-refractivity contribution in [1.82, 2.24) is 4.90 Å². The van der Waals surface area contributed by atoms with Crippen LogP contribution in [0.15, 0.2) is 24.3 Å². The molecule has 0 amide bonds. The number of hydrogen-bond donors (Lipinski definition) is 0. The molecule has 0 spiro atoms. The summed E-state index contributed by atoms with van der Waals surface area (Å²) in [5, 5.41) is 11.3. The Hall–Kier alpha value is 0.546. The van der Waals surface area contributed by atoms with Crippen molar-refractivity contribution in [2.75, 3.05) is 19.6 Å². The van der Waals surface area contributed by atoms with Crippen LogP contribution in [0.3, 0.4) is 0 Å². The summed E-state index contributed by atoms with van der Waals surface area (Å²) < 4.78 is 0. The maximum absolute atomic E-state index is 11.3. The van der Waals surface area contributed by atoms with Gasteiger partial charge in [0.15, 0.2) is 0 Å². The minimum Gasteiger partial charge on any atom is -0.549 e. The number of nitrogens with zero attached hydrogens (tertiary/aromatic N) is 1. The number of allylic oxidation sites excluding steroid dienone is 4. The first-order valence-electron chi connectivity index (χ1n) is 12.3. The summed E-state index contributed by atoms with van der Waals surface area (Å²) in [4.78, 5) is 13.5. The number of rotatable bonds is 20. The van der Waals surface area contributed by atoms with Crippen LogP contribution in [-0.4, -0.2) is 30.5 Å². The fourth-order valence-electron chi connectivity index (χ4n) is 3.82. The van der Waals surface area contributed by atoms with E-state index in [2.05, 4.69) is 56.9 Å². The van der Waals surface area contributed by atoms with Crippen LogP contribution in [0.2, 0.25) is 0 Å². The Morgan fingerprint density at radius 3 is 1.50 bits per heavy atom. The first kappa shape index (κ1) is 32.7. The molecule has 0 saturated heterocycles. The molecule has 0 aromatic rings. The smallest absolute Gasteiger partial charge is 0.549 e. The number of unbranched alkanes of at least 4 members (excludes halogenated alkanes) is 4. The molecule has 170 valence electrons. The minimum atomic E-state index is -0.945.